The van der Waals surface area contributed by atoms with Crippen LogP contribution in [0, 0.1) is 6.92 Å². The van der Waals surface area contributed by atoms with Crippen molar-refractivity contribution in [2.45, 2.75) is 11.8 Å². The van der Waals surface area contributed by atoms with E-state index in [2.05, 4.69) is 0 Å². The Balaban J connectivity index is 3.10. The number of rotatable bonds is 5. The zero-order valence-corrected chi connectivity index (χ0v) is 13.2. The van der Waals surface area contributed by atoms with Gasteiger partial charge < -0.3 is 10.6 Å². The Labute approximate surface area is 120 Å². The first-order valence-electron chi connectivity index (χ1n) is 5.83. The summed E-state index contributed by atoms with van der Waals surface area (Å²) in [6.45, 7) is 2.77. The highest BCUT2D eigenvalue weighted by molar-refractivity contribution is 7.89. The Morgan fingerprint density at radius 1 is 1.21 bits per heavy atom. The summed E-state index contributed by atoms with van der Waals surface area (Å²) in [7, 11) is 1.81. The van der Waals surface area contributed by atoms with Crippen molar-refractivity contribution in [1.82, 2.24) is 9.21 Å². The van der Waals surface area contributed by atoms with E-state index in [1.807, 2.05) is 19.0 Å². The fourth-order valence-electron chi connectivity index (χ4n) is 1.58. The Morgan fingerprint density at radius 2 is 1.79 bits per heavy atom. The van der Waals surface area contributed by atoms with Gasteiger partial charge in [0.2, 0.25) is 10.0 Å². The van der Waals surface area contributed by atoms with Gasteiger partial charge in [0.15, 0.2) is 0 Å². The molecule has 5 nitrogen and oxygen atoms in total. The molecule has 0 aromatic heterocycles. The van der Waals surface area contributed by atoms with Crippen LogP contribution in [-0.4, -0.2) is 51.9 Å². The van der Waals surface area contributed by atoms with Gasteiger partial charge in [-0.2, -0.15) is 4.31 Å². The lowest BCUT2D eigenvalue weighted by Gasteiger charge is -2.21. The summed E-state index contributed by atoms with van der Waals surface area (Å²) in [6.07, 6.45) is 0. The van der Waals surface area contributed by atoms with Crippen LogP contribution < -0.4 is 5.73 Å². The number of nitrogens with two attached hydrogens (primary N) is 1. The predicted octanol–water partition coefficient (Wildman–Crippen LogP) is 1.41. The van der Waals surface area contributed by atoms with E-state index in [9.17, 15) is 8.42 Å². The molecule has 0 aliphatic heterocycles. The van der Waals surface area contributed by atoms with Gasteiger partial charge in [-0.25, -0.2) is 8.42 Å². The van der Waals surface area contributed by atoms with Gasteiger partial charge >= 0.3 is 0 Å². The summed E-state index contributed by atoms with van der Waals surface area (Å²) in [6, 6.07) is 2.99. The molecule has 0 spiro atoms. The second-order valence-corrected chi connectivity index (χ2v) is 7.19. The van der Waals surface area contributed by atoms with Gasteiger partial charge in [0.05, 0.1) is 15.6 Å². The van der Waals surface area contributed by atoms with Gasteiger partial charge in [0.1, 0.15) is 0 Å². The summed E-state index contributed by atoms with van der Waals surface area (Å²) in [5, 5.41) is 0.368. The topological polar surface area (TPSA) is 66.6 Å². The molecule has 1 aromatic carbocycles. The number of sulfonamides is 1. The number of likely N-dealkylation sites (N-methyl/N-ethyl adjacent to an activating group) is 2. The fourth-order valence-corrected chi connectivity index (χ4v) is 3.19. The second-order valence-electron chi connectivity index (χ2n) is 4.77. The maximum Gasteiger partial charge on any atom is 0.243 e. The van der Waals surface area contributed by atoms with Crippen LogP contribution in [0.5, 0.6) is 0 Å². The minimum atomic E-state index is -3.54. The lowest BCUT2D eigenvalue weighted by atomic mass is 10.2. The van der Waals surface area contributed by atoms with E-state index in [0.29, 0.717) is 23.7 Å². The van der Waals surface area contributed by atoms with E-state index in [-0.39, 0.29) is 10.6 Å². The summed E-state index contributed by atoms with van der Waals surface area (Å²) in [4.78, 5) is 2.13. The molecule has 1 aromatic rings. The minimum Gasteiger partial charge on any atom is -0.397 e. The molecular weight excluding hydrogens is 286 g/mol. The first-order chi connectivity index (χ1) is 8.66. The van der Waals surface area contributed by atoms with Crippen LogP contribution in [0.3, 0.4) is 0 Å². The maximum atomic E-state index is 12.4. The average molecular weight is 306 g/mol. The largest absolute Gasteiger partial charge is 0.397 e. The van der Waals surface area contributed by atoms with Gasteiger partial charge in [-0.1, -0.05) is 11.6 Å². The molecule has 0 aliphatic rings. The molecule has 7 heteroatoms. The summed E-state index contributed by atoms with van der Waals surface area (Å²) in [5.41, 5.74) is 6.55. The van der Waals surface area contributed by atoms with Crippen molar-refractivity contribution in [2.24, 2.45) is 0 Å². The van der Waals surface area contributed by atoms with Crippen molar-refractivity contribution >= 4 is 27.3 Å². The number of aryl methyl sites for hydroxylation is 1. The Bertz CT molecular complexity index is 558. The fraction of sp³-hybridized carbons (Fsp3) is 0.500. The lowest BCUT2D eigenvalue weighted by Crippen LogP contribution is -2.33. The van der Waals surface area contributed by atoms with Crippen molar-refractivity contribution in [3.8, 4) is 0 Å². The van der Waals surface area contributed by atoms with Gasteiger partial charge in [0.25, 0.3) is 0 Å². The molecule has 0 amide bonds. The van der Waals surface area contributed by atoms with E-state index in [1.165, 1.54) is 10.4 Å². The molecule has 0 radical (unpaired) electrons. The van der Waals surface area contributed by atoms with Crippen molar-refractivity contribution in [3.05, 3.63) is 22.7 Å². The first kappa shape index (κ1) is 16.2. The van der Waals surface area contributed by atoms with Crippen molar-refractivity contribution in [3.63, 3.8) is 0 Å². The molecule has 0 atom stereocenters. The van der Waals surface area contributed by atoms with Crippen molar-refractivity contribution < 1.29 is 8.42 Å². The third-order valence-corrected chi connectivity index (χ3v) is 5.17. The van der Waals surface area contributed by atoms with E-state index in [1.54, 1.807) is 20.0 Å². The standard InChI is InChI=1S/C12H20ClN3O2S/c1-9-7-10(13)11(14)8-12(9)19(17,18)16(4)6-5-15(2)3/h7-8H,5-6,14H2,1-4H3. The SMILES string of the molecule is Cc1cc(Cl)c(N)cc1S(=O)(=O)N(C)CCN(C)C. The molecule has 0 unspecified atom stereocenters. The van der Waals surface area contributed by atoms with Crippen molar-refractivity contribution in [1.29, 1.82) is 0 Å². The third kappa shape index (κ3) is 3.82. The highest BCUT2D eigenvalue weighted by atomic mass is 35.5. The number of halogens is 1. The van der Waals surface area contributed by atoms with Crippen LogP contribution in [0.1, 0.15) is 5.56 Å². The van der Waals surface area contributed by atoms with Crippen LogP contribution in [0.15, 0.2) is 17.0 Å². The van der Waals surface area contributed by atoms with Gasteiger partial charge in [-0.3, -0.25) is 0 Å². The Kier molecular flexibility index (Phi) is 5.20. The number of anilines is 1. The van der Waals surface area contributed by atoms with Crippen LogP contribution >= 0.6 is 11.6 Å². The third-order valence-electron chi connectivity index (χ3n) is 2.84. The normalized spacial score (nSPS) is 12.4. The minimum absolute atomic E-state index is 0.204. The second kappa shape index (κ2) is 6.09. The first-order valence-corrected chi connectivity index (χ1v) is 7.64. The Hall–Kier alpha value is -0.820. The molecule has 0 aliphatic carbocycles. The van der Waals surface area contributed by atoms with E-state index < -0.39 is 10.0 Å². The molecule has 19 heavy (non-hydrogen) atoms. The van der Waals surface area contributed by atoms with Crippen molar-refractivity contribution in [2.75, 3.05) is 40.0 Å². The number of hydrogen-bond donors (Lipinski definition) is 1. The molecule has 108 valence electrons. The molecule has 2 N–H and O–H groups in total. The van der Waals surface area contributed by atoms with Crippen LogP contribution in [0.2, 0.25) is 5.02 Å². The molecule has 0 saturated heterocycles. The molecule has 0 heterocycles. The van der Waals surface area contributed by atoms with Crippen LogP contribution in [0.25, 0.3) is 0 Å². The predicted molar refractivity (Wildman–Crippen MR) is 79.0 cm³/mol. The Morgan fingerprint density at radius 3 is 2.32 bits per heavy atom. The van der Waals surface area contributed by atoms with E-state index in [4.69, 9.17) is 17.3 Å². The smallest absolute Gasteiger partial charge is 0.243 e. The van der Waals surface area contributed by atoms with Crippen LogP contribution in [0.4, 0.5) is 5.69 Å². The van der Waals surface area contributed by atoms with Crippen LogP contribution in [-0.2, 0) is 10.0 Å². The zero-order chi connectivity index (χ0) is 14.8. The molecule has 1 rings (SSSR count). The van der Waals surface area contributed by atoms with Gasteiger partial charge in [-0.15, -0.1) is 0 Å². The van der Waals surface area contributed by atoms with Gasteiger partial charge in [-0.05, 0) is 38.7 Å². The summed E-state index contributed by atoms with van der Waals surface area (Å²) in [5.74, 6) is 0. The molecule has 0 saturated carbocycles. The zero-order valence-electron chi connectivity index (χ0n) is 11.6. The van der Waals surface area contributed by atoms with E-state index >= 15 is 0 Å². The molecule has 0 fully saturated rings. The molecular formula is C12H20ClN3O2S. The highest BCUT2D eigenvalue weighted by Gasteiger charge is 2.23. The number of nitrogens with zero attached hydrogens (tertiary/aromatic N) is 2. The number of hydrogen-bond acceptors (Lipinski definition) is 4. The van der Waals surface area contributed by atoms with E-state index in [0.717, 1.165) is 0 Å². The maximum absolute atomic E-state index is 12.4. The summed E-state index contributed by atoms with van der Waals surface area (Å²) >= 11 is 5.88. The average Bonchev–Trinajstić information content (AvgIpc) is 2.30. The lowest BCUT2D eigenvalue weighted by molar-refractivity contribution is 0.358. The summed E-state index contributed by atoms with van der Waals surface area (Å²) < 4.78 is 26.2. The monoisotopic (exact) mass is 305 g/mol. The number of benzene rings is 1. The quantitative estimate of drug-likeness (QED) is 0.835. The van der Waals surface area contributed by atoms with Gasteiger partial charge in [0, 0.05) is 20.1 Å². The molecule has 0 bridgehead atoms. The number of nitrogen functional groups attached to an aromatic ring is 1. The highest BCUT2D eigenvalue weighted by Crippen LogP contribution is 2.27.